The Labute approximate surface area is 129 Å². The van der Waals surface area contributed by atoms with E-state index >= 15 is 0 Å². The average Bonchev–Trinajstić information content (AvgIpc) is 3.08. The predicted octanol–water partition coefficient (Wildman–Crippen LogP) is 1.91. The zero-order valence-electron chi connectivity index (χ0n) is 11.6. The van der Waals surface area contributed by atoms with Crippen molar-refractivity contribution in [1.82, 2.24) is 15.2 Å². The van der Waals surface area contributed by atoms with Crippen LogP contribution < -0.4 is 5.32 Å². The summed E-state index contributed by atoms with van der Waals surface area (Å²) >= 11 is 0.863. The van der Waals surface area contributed by atoms with Gasteiger partial charge >= 0.3 is 5.97 Å². The van der Waals surface area contributed by atoms with Crippen LogP contribution in [-0.4, -0.2) is 32.2 Å². The van der Waals surface area contributed by atoms with Gasteiger partial charge in [-0.25, -0.2) is 9.78 Å². The molecule has 8 heteroatoms. The SMILES string of the molecule is CCc1nc(S/C(C(=O)O)=C2/C(=O)Nc3ccccc32)n[nH]1. The number of fused-ring (bicyclic) bond motifs is 1. The predicted molar refractivity (Wildman–Crippen MR) is 81.2 cm³/mol. The fourth-order valence-corrected chi connectivity index (χ4v) is 2.94. The van der Waals surface area contributed by atoms with Crippen molar-refractivity contribution >= 4 is 34.9 Å². The lowest BCUT2D eigenvalue weighted by atomic mass is 10.1. The van der Waals surface area contributed by atoms with Gasteiger partial charge in [0.05, 0.1) is 5.57 Å². The molecule has 0 bridgehead atoms. The Morgan fingerprint density at radius 2 is 2.14 bits per heavy atom. The second-order valence-electron chi connectivity index (χ2n) is 4.53. The van der Waals surface area contributed by atoms with Crippen LogP contribution in [0, 0.1) is 0 Å². The molecule has 0 atom stereocenters. The van der Waals surface area contributed by atoms with E-state index in [0.717, 1.165) is 11.8 Å². The Bertz CT molecular complexity index is 797. The van der Waals surface area contributed by atoms with Crippen LogP contribution in [0.5, 0.6) is 0 Å². The molecule has 1 aliphatic heterocycles. The molecular weight excluding hydrogens is 304 g/mol. The number of rotatable bonds is 4. The number of aryl methyl sites for hydroxylation is 1. The highest BCUT2D eigenvalue weighted by molar-refractivity contribution is 8.04. The number of carboxylic acid groups (broad SMARTS) is 1. The Morgan fingerprint density at radius 1 is 1.36 bits per heavy atom. The Kier molecular flexibility index (Phi) is 3.68. The quantitative estimate of drug-likeness (QED) is 0.587. The second kappa shape index (κ2) is 5.64. The summed E-state index contributed by atoms with van der Waals surface area (Å²) in [6, 6.07) is 6.97. The van der Waals surface area contributed by atoms with Gasteiger partial charge in [-0.15, -0.1) is 5.10 Å². The van der Waals surface area contributed by atoms with E-state index < -0.39 is 11.9 Å². The van der Waals surface area contributed by atoms with Crippen LogP contribution in [-0.2, 0) is 16.0 Å². The molecular formula is C14H12N4O3S. The first kappa shape index (κ1) is 14.3. The normalized spacial score (nSPS) is 15.4. The Balaban J connectivity index is 2.07. The number of nitrogens with zero attached hydrogens (tertiary/aromatic N) is 2. The van der Waals surface area contributed by atoms with Crippen LogP contribution >= 0.6 is 11.8 Å². The fourth-order valence-electron chi connectivity index (χ4n) is 2.12. The number of anilines is 1. The number of aromatic nitrogens is 3. The molecule has 2 heterocycles. The number of hydrogen-bond acceptors (Lipinski definition) is 5. The number of carbonyl (C=O) groups is 2. The summed E-state index contributed by atoms with van der Waals surface area (Å²) in [5, 5.41) is 19.1. The highest BCUT2D eigenvalue weighted by Crippen LogP contribution is 2.38. The number of carbonyl (C=O) groups excluding carboxylic acids is 1. The van der Waals surface area contributed by atoms with Gasteiger partial charge in [-0.3, -0.25) is 9.89 Å². The molecule has 2 aromatic rings. The van der Waals surface area contributed by atoms with E-state index in [0.29, 0.717) is 23.5 Å². The minimum Gasteiger partial charge on any atom is -0.477 e. The molecule has 0 unspecified atom stereocenters. The van der Waals surface area contributed by atoms with Crippen molar-refractivity contribution in [1.29, 1.82) is 0 Å². The number of aliphatic carboxylic acids is 1. The molecule has 0 spiro atoms. The lowest BCUT2D eigenvalue weighted by Crippen LogP contribution is -2.09. The minimum absolute atomic E-state index is 0.0934. The summed E-state index contributed by atoms with van der Waals surface area (Å²) in [7, 11) is 0. The summed E-state index contributed by atoms with van der Waals surface area (Å²) in [6.07, 6.45) is 0.663. The van der Waals surface area contributed by atoms with E-state index in [1.807, 2.05) is 6.92 Å². The van der Waals surface area contributed by atoms with Crippen molar-refractivity contribution in [2.45, 2.75) is 18.5 Å². The van der Waals surface area contributed by atoms with Crippen molar-refractivity contribution in [3.05, 3.63) is 40.6 Å². The molecule has 7 nitrogen and oxygen atoms in total. The van der Waals surface area contributed by atoms with Crippen LogP contribution in [0.2, 0.25) is 0 Å². The molecule has 1 amide bonds. The zero-order valence-corrected chi connectivity index (χ0v) is 12.4. The van der Waals surface area contributed by atoms with Gasteiger partial charge in [-0.05, 0) is 17.8 Å². The maximum Gasteiger partial charge on any atom is 0.343 e. The molecule has 1 aromatic carbocycles. The summed E-state index contributed by atoms with van der Waals surface area (Å²) in [5.41, 5.74) is 1.31. The van der Waals surface area contributed by atoms with Crippen molar-refractivity contribution < 1.29 is 14.7 Å². The molecule has 0 aliphatic carbocycles. The number of benzene rings is 1. The maximum absolute atomic E-state index is 12.1. The second-order valence-corrected chi connectivity index (χ2v) is 5.51. The Morgan fingerprint density at radius 3 is 2.82 bits per heavy atom. The van der Waals surface area contributed by atoms with Crippen LogP contribution in [0.4, 0.5) is 5.69 Å². The number of thioether (sulfide) groups is 1. The monoisotopic (exact) mass is 316 g/mol. The van der Waals surface area contributed by atoms with E-state index in [1.165, 1.54) is 0 Å². The van der Waals surface area contributed by atoms with E-state index in [9.17, 15) is 14.7 Å². The maximum atomic E-state index is 12.1. The summed E-state index contributed by atoms with van der Waals surface area (Å²) in [5.74, 6) is -0.958. The van der Waals surface area contributed by atoms with E-state index in [4.69, 9.17) is 0 Å². The van der Waals surface area contributed by atoms with Gasteiger partial charge < -0.3 is 10.4 Å². The molecule has 3 rings (SSSR count). The van der Waals surface area contributed by atoms with Gasteiger partial charge in [-0.2, -0.15) is 0 Å². The first-order chi connectivity index (χ1) is 10.6. The van der Waals surface area contributed by atoms with Crippen LogP contribution in [0.15, 0.2) is 34.3 Å². The number of H-pyrrole nitrogens is 1. The standard InChI is InChI=1S/C14H12N4O3S/c1-2-9-16-14(18-17-9)22-11(13(20)21)10-7-5-3-4-6-8(7)15-12(10)19/h3-6H,2H2,1H3,(H,15,19)(H,20,21)(H,16,17,18)/b11-10+. The molecule has 0 radical (unpaired) electrons. The largest absolute Gasteiger partial charge is 0.477 e. The molecule has 0 fully saturated rings. The fraction of sp³-hybridized carbons (Fsp3) is 0.143. The Hall–Kier alpha value is -2.61. The summed E-state index contributed by atoms with van der Waals surface area (Å²) in [4.78, 5) is 27.8. The van der Waals surface area contributed by atoms with Crippen molar-refractivity contribution in [2.75, 3.05) is 5.32 Å². The molecule has 1 aromatic heterocycles. The first-order valence-corrected chi connectivity index (χ1v) is 7.39. The van der Waals surface area contributed by atoms with Crippen LogP contribution in [0.1, 0.15) is 18.3 Å². The zero-order chi connectivity index (χ0) is 15.7. The van der Waals surface area contributed by atoms with Crippen molar-refractivity contribution in [3.63, 3.8) is 0 Å². The number of para-hydroxylation sites is 1. The molecule has 112 valence electrons. The smallest absolute Gasteiger partial charge is 0.343 e. The molecule has 0 saturated carbocycles. The van der Waals surface area contributed by atoms with Crippen molar-refractivity contribution in [3.8, 4) is 0 Å². The van der Waals surface area contributed by atoms with Gasteiger partial charge in [-0.1, -0.05) is 25.1 Å². The number of aromatic amines is 1. The summed E-state index contributed by atoms with van der Waals surface area (Å²) in [6.45, 7) is 1.91. The topological polar surface area (TPSA) is 108 Å². The van der Waals surface area contributed by atoms with Gasteiger partial charge in [0.2, 0.25) is 5.16 Å². The van der Waals surface area contributed by atoms with Gasteiger partial charge in [0.1, 0.15) is 10.7 Å². The molecule has 22 heavy (non-hydrogen) atoms. The lowest BCUT2D eigenvalue weighted by Gasteiger charge is -2.03. The third kappa shape index (κ3) is 2.48. The number of hydrogen-bond donors (Lipinski definition) is 3. The molecule has 3 N–H and O–H groups in total. The van der Waals surface area contributed by atoms with Crippen LogP contribution in [0.25, 0.3) is 5.57 Å². The van der Waals surface area contributed by atoms with Gasteiger partial charge in [0.15, 0.2) is 0 Å². The van der Waals surface area contributed by atoms with Crippen molar-refractivity contribution in [2.24, 2.45) is 0 Å². The molecule has 0 saturated heterocycles. The lowest BCUT2D eigenvalue weighted by molar-refractivity contribution is -0.131. The number of amides is 1. The number of carboxylic acids is 1. The third-order valence-electron chi connectivity index (χ3n) is 3.13. The highest BCUT2D eigenvalue weighted by Gasteiger charge is 2.31. The average molecular weight is 316 g/mol. The van der Waals surface area contributed by atoms with E-state index in [1.54, 1.807) is 24.3 Å². The summed E-state index contributed by atoms with van der Waals surface area (Å²) < 4.78 is 0. The van der Waals surface area contributed by atoms with E-state index in [2.05, 4.69) is 20.5 Å². The first-order valence-electron chi connectivity index (χ1n) is 6.57. The highest BCUT2D eigenvalue weighted by atomic mass is 32.2. The third-order valence-corrected chi connectivity index (χ3v) is 4.08. The molecule has 1 aliphatic rings. The number of nitrogens with one attached hydrogen (secondary N) is 2. The van der Waals surface area contributed by atoms with Gasteiger partial charge in [0.25, 0.3) is 5.91 Å². The van der Waals surface area contributed by atoms with Gasteiger partial charge in [0, 0.05) is 17.7 Å². The van der Waals surface area contributed by atoms with Crippen LogP contribution in [0.3, 0.4) is 0 Å². The minimum atomic E-state index is -1.19. The van der Waals surface area contributed by atoms with E-state index in [-0.39, 0.29) is 15.6 Å².